The smallest absolute Gasteiger partial charge is 0.304 e. The first-order chi connectivity index (χ1) is 12.9. The van der Waals surface area contributed by atoms with Crippen LogP contribution in [0.4, 0.5) is 0 Å². The van der Waals surface area contributed by atoms with Crippen molar-refractivity contribution in [2.24, 2.45) is 5.92 Å². The molecule has 4 nitrogen and oxygen atoms in total. The minimum atomic E-state index is -0.0352. The lowest BCUT2D eigenvalue weighted by Crippen LogP contribution is -2.31. The molecular formula is C23H41NO3. The topological polar surface area (TPSA) is 47.6 Å². The lowest BCUT2D eigenvalue weighted by atomic mass is 9.92. The average molecular weight is 380 g/mol. The van der Waals surface area contributed by atoms with Gasteiger partial charge in [-0.05, 0) is 46.6 Å². The molecule has 156 valence electrons. The average Bonchev–Trinajstić information content (AvgIpc) is 2.58. The van der Waals surface area contributed by atoms with E-state index in [1.54, 1.807) is 6.08 Å². The van der Waals surface area contributed by atoms with Crippen LogP contribution in [-0.4, -0.2) is 18.1 Å². The van der Waals surface area contributed by atoms with Crippen LogP contribution in [0.1, 0.15) is 98.3 Å². The highest BCUT2D eigenvalue weighted by atomic mass is 16.7. The first-order valence-electron chi connectivity index (χ1n) is 10.9. The van der Waals surface area contributed by atoms with Crippen LogP contribution in [-0.2, 0) is 14.3 Å². The summed E-state index contributed by atoms with van der Waals surface area (Å²) >= 11 is 0. The molecule has 4 heteroatoms. The van der Waals surface area contributed by atoms with E-state index >= 15 is 0 Å². The van der Waals surface area contributed by atoms with Crippen LogP contribution in [0, 0.1) is 5.92 Å². The zero-order chi connectivity index (χ0) is 20.1. The van der Waals surface area contributed by atoms with Crippen molar-refractivity contribution in [1.29, 1.82) is 0 Å². The number of ether oxygens (including phenoxy) is 2. The molecule has 1 fully saturated rings. The fourth-order valence-electron chi connectivity index (χ4n) is 3.43. The molecule has 0 radical (unpaired) electrons. The van der Waals surface area contributed by atoms with Gasteiger partial charge in [0.1, 0.15) is 5.70 Å². The highest BCUT2D eigenvalue weighted by Gasteiger charge is 2.21. The van der Waals surface area contributed by atoms with Crippen molar-refractivity contribution in [3.8, 4) is 0 Å². The van der Waals surface area contributed by atoms with Crippen LogP contribution in [0.5, 0.6) is 0 Å². The summed E-state index contributed by atoms with van der Waals surface area (Å²) in [6.07, 6.45) is 14.8. The fraction of sp³-hybridized carbons (Fsp3) is 0.783. The van der Waals surface area contributed by atoms with Crippen LogP contribution in [0.25, 0.3) is 0 Å². The highest BCUT2D eigenvalue weighted by molar-refractivity contribution is 5.80. The molecule has 0 unspecified atom stereocenters. The van der Waals surface area contributed by atoms with Crippen molar-refractivity contribution in [2.75, 3.05) is 0 Å². The first-order valence-corrected chi connectivity index (χ1v) is 10.9. The van der Waals surface area contributed by atoms with Crippen molar-refractivity contribution in [3.05, 3.63) is 24.3 Å². The summed E-state index contributed by atoms with van der Waals surface area (Å²) in [4.78, 5) is 13.0. The lowest BCUT2D eigenvalue weighted by molar-refractivity contribution is -0.125. The number of rotatable bonds is 7. The Balaban J connectivity index is 2.80. The molecule has 1 aliphatic rings. The van der Waals surface area contributed by atoms with Gasteiger partial charge in [0.05, 0.1) is 12.2 Å². The SMILES string of the molecule is C=CC(NC(=O)C1CCCCCCCCCCC1)=C(OC(C)C)OC(C)C. The molecule has 0 aromatic carbocycles. The third-order valence-electron chi connectivity index (χ3n) is 4.84. The van der Waals surface area contributed by atoms with Gasteiger partial charge in [0.2, 0.25) is 5.91 Å². The molecule has 1 amide bonds. The van der Waals surface area contributed by atoms with Gasteiger partial charge >= 0.3 is 5.95 Å². The van der Waals surface area contributed by atoms with Crippen LogP contribution in [0.2, 0.25) is 0 Å². The molecule has 1 aliphatic carbocycles. The monoisotopic (exact) mass is 379 g/mol. The molecule has 0 atom stereocenters. The van der Waals surface area contributed by atoms with Gasteiger partial charge in [-0.3, -0.25) is 4.79 Å². The van der Waals surface area contributed by atoms with Crippen molar-refractivity contribution in [1.82, 2.24) is 5.32 Å². The molecule has 1 N–H and O–H groups in total. The van der Waals surface area contributed by atoms with E-state index in [1.807, 2.05) is 27.7 Å². The van der Waals surface area contributed by atoms with Gasteiger partial charge in [0.15, 0.2) is 0 Å². The van der Waals surface area contributed by atoms with Gasteiger partial charge in [0, 0.05) is 5.92 Å². The number of hydrogen-bond donors (Lipinski definition) is 1. The van der Waals surface area contributed by atoms with Gasteiger partial charge in [-0.1, -0.05) is 64.4 Å². The summed E-state index contributed by atoms with van der Waals surface area (Å²) in [7, 11) is 0. The third kappa shape index (κ3) is 10.5. The first kappa shape index (κ1) is 23.6. The van der Waals surface area contributed by atoms with E-state index in [-0.39, 0.29) is 24.0 Å². The second kappa shape index (κ2) is 13.7. The van der Waals surface area contributed by atoms with Crippen LogP contribution in [0.3, 0.4) is 0 Å². The van der Waals surface area contributed by atoms with Crippen LogP contribution >= 0.6 is 0 Å². The van der Waals surface area contributed by atoms with E-state index < -0.39 is 0 Å². The zero-order valence-electron chi connectivity index (χ0n) is 18.0. The quantitative estimate of drug-likeness (QED) is 0.421. The number of amides is 1. The molecule has 0 aromatic rings. The van der Waals surface area contributed by atoms with Crippen LogP contribution in [0.15, 0.2) is 24.3 Å². The van der Waals surface area contributed by atoms with Gasteiger partial charge in [0.25, 0.3) is 0 Å². The molecule has 0 bridgehead atoms. The molecule has 1 saturated carbocycles. The van der Waals surface area contributed by atoms with E-state index in [0.29, 0.717) is 11.6 Å². The van der Waals surface area contributed by atoms with Gasteiger partial charge in [-0.25, -0.2) is 0 Å². The normalized spacial score (nSPS) is 17.6. The molecule has 0 saturated heterocycles. The number of carbonyl (C=O) groups is 1. The maximum Gasteiger partial charge on any atom is 0.304 e. The van der Waals surface area contributed by atoms with E-state index in [1.165, 1.54) is 44.9 Å². The van der Waals surface area contributed by atoms with Crippen molar-refractivity contribution >= 4 is 5.91 Å². The second-order valence-electron chi connectivity index (χ2n) is 8.18. The van der Waals surface area contributed by atoms with Gasteiger partial charge < -0.3 is 14.8 Å². The molecule has 0 heterocycles. The van der Waals surface area contributed by atoms with E-state index in [0.717, 1.165) is 25.7 Å². The van der Waals surface area contributed by atoms with E-state index in [2.05, 4.69) is 11.9 Å². The Hall–Kier alpha value is -1.45. The Morgan fingerprint density at radius 3 is 1.63 bits per heavy atom. The standard InChI is InChI=1S/C23H41NO3/c1-6-21(23(26-18(2)3)27-19(4)5)24-22(25)20-16-14-12-10-8-7-9-11-13-15-17-20/h6,18-20H,1,7-17H2,2-5H3,(H,24,25). The summed E-state index contributed by atoms with van der Waals surface area (Å²) in [6.45, 7) is 11.6. The largest absolute Gasteiger partial charge is 0.461 e. The van der Waals surface area contributed by atoms with Gasteiger partial charge in [-0.15, -0.1) is 0 Å². The maximum atomic E-state index is 13.0. The molecule has 0 aromatic heterocycles. The number of nitrogens with one attached hydrogen (secondary N) is 1. The molecule has 1 rings (SSSR count). The predicted molar refractivity (Wildman–Crippen MR) is 112 cm³/mol. The number of allylic oxidation sites excluding steroid dienone is 1. The summed E-state index contributed by atoms with van der Waals surface area (Å²) in [5.41, 5.74) is 0.536. The molecule has 27 heavy (non-hydrogen) atoms. The Kier molecular flexibility index (Phi) is 12.0. The number of hydrogen-bond acceptors (Lipinski definition) is 3. The van der Waals surface area contributed by atoms with Crippen molar-refractivity contribution in [3.63, 3.8) is 0 Å². The number of carbonyl (C=O) groups excluding carboxylic acids is 1. The zero-order valence-corrected chi connectivity index (χ0v) is 18.0. The fourth-order valence-corrected chi connectivity index (χ4v) is 3.43. The third-order valence-corrected chi connectivity index (χ3v) is 4.84. The Bertz CT molecular complexity index is 444. The lowest BCUT2D eigenvalue weighted by Gasteiger charge is -2.22. The van der Waals surface area contributed by atoms with Crippen molar-refractivity contribution < 1.29 is 14.3 Å². The Morgan fingerprint density at radius 1 is 0.852 bits per heavy atom. The summed E-state index contributed by atoms with van der Waals surface area (Å²) in [6, 6.07) is 0. The summed E-state index contributed by atoms with van der Waals surface area (Å²) < 4.78 is 11.6. The minimum Gasteiger partial charge on any atom is -0.461 e. The van der Waals surface area contributed by atoms with Gasteiger partial charge in [-0.2, -0.15) is 0 Å². The second-order valence-corrected chi connectivity index (χ2v) is 8.18. The Labute approximate surface area is 166 Å². The molecule has 0 aliphatic heterocycles. The minimum absolute atomic E-state index is 0.0352. The predicted octanol–water partition coefficient (Wildman–Crippen LogP) is 6.23. The molecule has 0 spiro atoms. The molecular weight excluding hydrogens is 338 g/mol. The highest BCUT2D eigenvalue weighted by Crippen LogP contribution is 2.22. The van der Waals surface area contributed by atoms with Crippen LogP contribution < -0.4 is 5.32 Å². The van der Waals surface area contributed by atoms with E-state index in [4.69, 9.17) is 9.47 Å². The van der Waals surface area contributed by atoms with E-state index in [9.17, 15) is 4.79 Å². The van der Waals surface area contributed by atoms with Crippen molar-refractivity contribution in [2.45, 2.75) is 111 Å². The Morgan fingerprint density at radius 2 is 1.26 bits per heavy atom. The summed E-state index contributed by atoms with van der Waals surface area (Å²) in [5.74, 6) is 0.481. The maximum absolute atomic E-state index is 13.0. The summed E-state index contributed by atoms with van der Waals surface area (Å²) in [5, 5.41) is 3.03.